The Bertz CT molecular complexity index is 1090. The summed E-state index contributed by atoms with van der Waals surface area (Å²) in [6.07, 6.45) is 73.6. The fraction of sp³-hybridized carbons (Fsp3) is 0.906. The van der Waals surface area contributed by atoms with Gasteiger partial charge in [0, 0.05) is 12.8 Å². The molecule has 0 aromatic carbocycles. The molecule has 0 spiro atoms. The van der Waals surface area contributed by atoms with Crippen LogP contribution in [0.5, 0.6) is 0 Å². The predicted octanol–water partition coefficient (Wildman–Crippen LogP) is 19.8. The van der Waals surface area contributed by atoms with Gasteiger partial charge in [-0.3, -0.25) is 9.59 Å². The SMILES string of the molecule is CCCCCC/C=C\CCCCCCCC(=O)OCCCCCCCCCCCCCCCCCCC(=O)NC(CO)C(O)/C=C/CCCCCCCCCCCCCCCCCCCCCCCC. The van der Waals surface area contributed by atoms with E-state index in [0.717, 1.165) is 44.9 Å². The van der Waals surface area contributed by atoms with Crippen LogP contribution in [-0.4, -0.2) is 47.4 Å². The fourth-order valence-electron chi connectivity index (χ4n) is 9.87. The number of carbonyl (C=O) groups is 2. The summed E-state index contributed by atoms with van der Waals surface area (Å²) < 4.78 is 5.47. The molecule has 0 bridgehead atoms. The first-order valence-electron chi connectivity index (χ1n) is 31.6. The summed E-state index contributed by atoms with van der Waals surface area (Å²) in [7, 11) is 0. The van der Waals surface area contributed by atoms with Crippen molar-refractivity contribution in [3.05, 3.63) is 24.3 Å². The quantitative estimate of drug-likeness (QED) is 0.0321. The van der Waals surface area contributed by atoms with Crippen LogP contribution in [0.25, 0.3) is 0 Å². The van der Waals surface area contributed by atoms with E-state index in [2.05, 4.69) is 31.3 Å². The van der Waals surface area contributed by atoms with Crippen molar-refractivity contribution in [2.75, 3.05) is 13.2 Å². The number of esters is 1. The Labute approximate surface area is 437 Å². The number of aliphatic hydroxyl groups excluding tert-OH is 2. The molecule has 414 valence electrons. The van der Waals surface area contributed by atoms with Gasteiger partial charge in [-0.05, 0) is 57.8 Å². The van der Waals surface area contributed by atoms with Gasteiger partial charge in [-0.15, -0.1) is 0 Å². The van der Waals surface area contributed by atoms with E-state index < -0.39 is 12.1 Å². The number of amides is 1. The number of allylic oxidation sites excluding steroid dienone is 3. The van der Waals surface area contributed by atoms with Gasteiger partial charge in [0.2, 0.25) is 5.91 Å². The number of carbonyl (C=O) groups excluding carboxylic acids is 2. The molecule has 0 saturated carbocycles. The van der Waals surface area contributed by atoms with E-state index in [1.165, 1.54) is 276 Å². The lowest BCUT2D eigenvalue weighted by Crippen LogP contribution is -2.45. The number of unbranched alkanes of at least 4 members (excludes halogenated alkanes) is 46. The molecule has 0 rings (SSSR count). The van der Waals surface area contributed by atoms with Gasteiger partial charge in [0.05, 0.1) is 25.4 Å². The highest BCUT2D eigenvalue weighted by molar-refractivity contribution is 5.76. The second-order valence-electron chi connectivity index (χ2n) is 21.7. The third-order valence-corrected chi connectivity index (χ3v) is 14.7. The topological polar surface area (TPSA) is 95.9 Å². The Morgan fingerprint density at radius 3 is 1.03 bits per heavy atom. The average molecular weight is 987 g/mol. The molecular weight excluding hydrogens is 863 g/mol. The molecule has 70 heavy (non-hydrogen) atoms. The van der Waals surface area contributed by atoms with E-state index in [1.54, 1.807) is 6.08 Å². The van der Waals surface area contributed by atoms with Crippen LogP contribution in [0.15, 0.2) is 24.3 Å². The van der Waals surface area contributed by atoms with Crippen LogP contribution in [0.1, 0.15) is 348 Å². The van der Waals surface area contributed by atoms with Gasteiger partial charge in [0.15, 0.2) is 0 Å². The fourth-order valence-corrected chi connectivity index (χ4v) is 9.87. The van der Waals surface area contributed by atoms with E-state index in [-0.39, 0.29) is 18.5 Å². The van der Waals surface area contributed by atoms with Crippen molar-refractivity contribution in [3.8, 4) is 0 Å². The molecule has 0 heterocycles. The summed E-state index contributed by atoms with van der Waals surface area (Å²) in [6, 6.07) is -0.634. The molecule has 2 unspecified atom stereocenters. The van der Waals surface area contributed by atoms with Crippen LogP contribution in [0.2, 0.25) is 0 Å². The molecule has 0 aliphatic carbocycles. The lowest BCUT2D eigenvalue weighted by molar-refractivity contribution is -0.143. The van der Waals surface area contributed by atoms with E-state index in [9.17, 15) is 19.8 Å². The molecule has 0 saturated heterocycles. The zero-order valence-corrected chi connectivity index (χ0v) is 47.3. The zero-order valence-electron chi connectivity index (χ0n) is 47.3. The molecule has 6 nitrogen and oxygen atoms in total. The van der Waals surface area contributed by atoms with E-state index >= 15 is 0 Å². The van der Waals surface area contributed by atoms with Crippen LogP contribution in [0.4, 0.5) is 0 Å². The largest absolute Gasteiger partial charge is 0.466 e. The molecule has 0 aromatic rings. The van der Waals surface area contributed by atoms with Crippen LogP contribution in [0, 0.1) is 0 Å². The number of hydrogen-bond acceptors (Lipinski definition) is 5. The minimum atomic E-state index is -0.850. The van der Waals surface area contributed by atoms with Crippen LogP contribution >= 0.6 is 0 Å². The highest BCUT2D eigenvalue weighted by Gasteiger charge is 2.18. The predicted molar refractivity (Wildman–Crippen MR) is 306 cm³/mol. The molecule has 6 heteroatoms. The second-order valence-corrected chi connectivity index (χ2v) is 21.7. The molecule has 0 aliphatic rings. The Morgan fingerprint density at radius 1 is 0.386 bits per heavy atom. The minimum Gasteiger partial charge on any atom is -0.466 e. The maximum atomic E-state index is 12.5. The van der Waals surface area contributed by atoms with Crippen molar-refractivity contribution in [1.29, 1.82) is 0 Å². The van der Waals surface area contributed by atoms with E-state index in [1.807, 2.05) is 6.08 Å². The molecular formula is C64H123NO5. The summed E-state index contributed by atoms with van der Waals surface area (Å²) in [6.45, 7) is 4.90. The van der Waals surface area contributed by atoms with Gasteiger partial charge in [-0.2, -0.15) is 0 Å². The van der Waals surface area contributed by atoms with Crippen molar-refractivity contribution >= 4 is 11.9 Å². The van der Waals surface area contributed by atoms with Crippen LogP contribution in [-0.2, 0) is 14.3 Å². The summed E-state index contributed by atoms with van der Waals surface area (Å²) in [4.78, 5) is 24.5. The summed E-state index contributed by atoms with van der Waals surface area (Å²) >= 11 is 0. The standard InChI is InChI=1S/C64H123NO5/c1-3-5-7-9-11-13-15-17-18-19-20-21-22-23-24-25-26-29-33-36-40-44-48-52-56-62(67)61(60-66)65-63(68)57-53-49-45-41-37-34-30-27-28-31-35-39-43-47-51-55-59-70-64(69)58-54-50-46-42-38-32-16-14-12-10-8-6-4-2/h14,16,52,56,61-62,66-67H,3-13,15,17-51,53-55,57-60H2,1-2H3,(H,65,68)/b16-14-,56-52+. The first-order valence-corrected chi connectivity index (χ1v) is 31.6. The molecule has 0 fully saturated rings. The minimum absolute atomic E-state index is 0.00639. The van der Waals surface area contributed by atoms with Crippen molar-refractivity contribution in [1.82, 2.24) is 5.32 Å². The van der Waals surface area contributed by atoms with Gasteiger partial charge in [-0.1, -0.05) is 301 Å². The summed E-state index contributed by atoms with van der Waals surface area (Å²) in [5.41, 5.74) is 0. The maximum absolute atomic E-state index is 12.5. The molecule has 0 aromatic heterocycles. The summed E-state index contributed by atoms with van der Waals surface area (Å²) in [5, 5.41) is 23.2. The molecule has 3 N–H and O–H groups in total. The number of hydrogen-bond donors (Lipinski definition) is 3. The Morgan fingerprint density at radius 2 is 0.671 bits per heavy atom. The van der Waals surface area contributed by atoms with Crippen LogP contribution in [0.3, 0.4) is 0 Å². The van der Waals surface area contributed by atoms with E-state index in [4.69, 9.17) is 4.74 Å². The van der Waals surface area contributed by atoms with Crippen molar-refractivity contribution in [2.45, 2.75) is 360 Å². The highest BCUT2D eigenvalue weighted by atomic mass is 16.5. The second kappa shape index (κ2) is 59.9. The van der Waals surface area contributed by atoms with Gasteiger partial charge in [-0.25, -0.2) is 0 Å². The lowest BCUT2D eigenvalue weighted by atomic mass is 10.0. The van der Waals surface area contributed by atoms with Gasteiger partial charge < -0.3 is 20.3 Å². The van der Waals surface area contributed by atoms with Crippen molar-refractivity contribution < 1.29 is 24.5 Å². The van der Waals surface area contributed by atoms with Crippen molar-refractivity contribution in [3.63, 3.8) is 0 Å². The summed E-state index contributed by atoms with van der Waals surface area (Å²) in [5.74, 6) is -0.0778. The highest BCUT2D eigenvalue weighted by Crippen LogP contribution is 2.18. The number of ether oxygens (including phenoxy) is 1. The third kappa shape index (κ3) is 55.7. The lowest BCUT2D eigenvalue weighted by Gasteiger charge is -2.20. The Kier molecular flexibility index (Phi) is 58.5. The number of aliphatic hydroxyl groups is 2. The third-order valence-electron chi connectivity index (χ3n) is 14.7. The van der Waals surface area contributed by atoms with E-state index in [0.29, 0.717) is 19.4 Å². The van der Waals surface area contributed by atoms with Gasteiger partial charge in [0.1, 0.15) is 0 Å². The smallest absolute Gasteiger partial charge is 0.305 e. The number of rotatable bonds is 59. The maximum Gasteiger partial charge on any atom is 0.305 e. The first kappa shape index (κ1) is 68.3. The van der Waals surface area contributed by atoms with Crippen molar-refractivity contribution in [2.24, 2.45) is 0 Å². The average Bonchev–Trinajstić information content (AvgIpc) is 3.36. The normalized spacial score (nSPS) is 12.7. The van der Waals surface area contributed by atoms with Gasteiger partial charge >= 0.3 is 5.97 Å². The Balaban J connectivity index is 3.46. The molecule has 0 radical (unpaired) electrons. The monoisotopic (exact) mass is 986 g/mol. The van der Waals surface area contributed by atoms with Crippen LogP contribution < -0.4 is 5.32 Å². The molecule has 0 aliphatic heterocycles. The zero-order chi connectivity index (χ0) is 50.7. The van der Waals surface area contributed by atoms with Gasteiger partial charge in [0.25, 0.3) is 0 Å². The molecule has 2 atom stereocenters. The Hall–Kier alpha value is -1.66. The first-order chi connectivity index (χ1) is 34.5. The number of nitrogens with one attached hydrogen (secondary N) is 1. The molecule has 1 amide bonds.